The molecule has 9 heteroatoms. The number of nitrogens with zero attached hydrogens (tertiary/aromatic N) is 1. The summed E-state index contributed by atoms with van der Waals surface area (Å²) in [6.07, 6.45) is -0.246. The maximum absolute atomic E-state index is 11.7. The fourth-order valence-corrected chi connectivity index (χ4v) is 1.27. The standard InChI is InChI=1S/C11H19N3O6/c1-14(6-5-9(16)20-2)11(19)13-7(10(17)18)3-4-8(12)15/h7H,3-6H2,1-2H3,(H2,12,15)(H,13,19)(H,17,18)/t7-/m1/s1. The number of carboxylic acids is 1. The average Bonchev–Trinajstić information content (AvgIpc) is 2.39. The van der Waals surface area contributed by atoms with E-state index >= 15 is 0 Å². The number of aliphatic carboxylic acids is 1. The summed E-state index contributed by atoms with van der Waals surface area (Å²) >= 11 is 0. The van der Waals surface area contributed by atoms with Crippen LogP contribution in [0, 0.1) is 0 Å². The summed E-state index contributed by atoms with van der Waals surface area (Å²) in [5.74, 6) is -2.39. The topological polar surface area (TPSA) is 139 Å². The zero-order valence-electron chi connectivity index (χ0n) is 11.4. The van der Waals surface area contributed by atoms with Crippen molar-refractivity contribution in [2.45, 2.75) is 25.3 Å². The lowest BCUT2D eigenvalue weighted by Gasteiger charge is -2.20. The van der Waals surface area contributed by atoms with E-state index in [9.17, 15) is 19.2 Å². The summed E-state index contributed by atoms with van der Waals surface area (Å²) in [7, 11) is 2.64. The molecule has 1 atom stereocenters. The molecule has 3 amide bonds. The number of nitrogens with one attached hydrogen (secondary N) is 1. The van der Waals surface area contributed by atoms with Crippen LogP contribution in [0.1, 0.15) is 19.3 Å². The Morgan fingerprint density at radius 1 is 1.30 bits per heavy atom. The molecule has 0 spiro atoms. The fourth-order valence-electron chi connectivity index (χ4n) is 1.27. The van der Waals surface area contributed by atoms with Crippen LogP contribution < -0.4 is 11.1 Å². The number of rotatable bonds is 8. The average molecular weight is 289 g/mol. The lowest BCUT2D eigenvalue weighted by atomic mass is 10.1. The number of methoxy groups -OCH3 is 1. The van der Waals surface area contributed by atoms with Gasteiger partial charge in [-0.3, -0.25) is 9.59 Å². The monoisotopic (exact) mass is 289 g/mol. The van der Waals surface area contributed by atoms with E-state index in [-0.39, 0.29) is 25.8 Å². The Hall–Kier alpha value is -2.32. The van der Waals surface area contributed by atoms with E-state index in [1.54, 1.807) is 0 Å². The van der Waals surface area contributed by atoms with Gasteiger partial charge < -0.3 is 25.8 Å². The Bertz CT molecular complexity index is 384. The highest BCUT2D eigenvalue weighted by atomic mass is 16.5. The second-order valence-electron chi connectivity index (χ2n) is 4.09. The van der Waals surface area contributed by atoms with E-state index in [1.807, 2.05) is 0 Å². The molecule has 0 aromatic rings. The molecule has 114 valence electrons. The van der Waals surface area contributed by atoms with Crippen molar-refractivity contribution in [2.24, 2.45) is 5.73 Å². The first kappa shape index (κ1) is 17.7. The van der Waals surface area contributed by atoms with Crippen LogP contribution in [-0.4, -0.2) is 60.6 Å². The molecule has 0 fully saturated rings. The molecule has 0 heterocycles. The molecule has 20 heavy (non-hydrogen) atoms. The first-order chi connectivity index (χ1) is 9.27. The van der Waals surface area contributed by atoms with Crippen molar-refractivity contribution in [1.82, 2.24) is 10.2 Å². The van der Waals surface area contributed by atoms with E-state index < -0.39 is 29.9 Å². The quantitative estimate of drug-likeness (QED) is 0.485. The van der Waals surface area contributed by atoms with Crippen LogP contribution in [-0.2, 0) is 19.1 Å². The summed E-state index contributed by atoms with van der Waals surface area (Å²) in [6, 6.07) is -1.87. The molecule has 0 aliphatic carbocycles. The van der Waals surface area contributed by atoms with Crippen LogP contribution in [0.2, 0.25) is 0 Å². The van der Waals surface area contributed by atoms with Gasteiger partial charge in [0, 0.05) is 20.0 Å². The Morgan fingerprint density at radius 3 is 2.35 bits per heavy atom. The molecule has 9 nitrogen and oxygen atoms in total. The first-order valence-corrected chi connectivity index (χ1v) is 5.87. The lowest BCUT2D eigenvalue weighted by molar-refractivity contribution is -0.141. The van der Waals surface area contributed by atoms with Crippen LogP contribution in [0.15, 0.2) is 0 Å². The third-order valence-electron chi connectivity index (χ3n) is 2.50. The number of hydrogen-bond donors (Lipinski definition) is 3. The van der Waals surface area contributed by atoms with E-state index in [0.717, 1.165) is 4.90 Å². The minimum atomic E-state index is -1.26. The molecule has 0 saturated carbocycles. The van der Waals surface area contributed by atoms with Crippen molar-refractivity contribution in [3.63, 3.8) is 0 Å². The number of primary amides is 1. The van der Waals surface area contributed by atoms with Crippen molar-refractivity contribution in [3.05, 3.63) is 0 Å². The Morgan fingerprint density at radius 2 is 1.90 bits per heavy atom. The van der Waals surface area contributed by atoms with Crippen LogP contribution >= 0.6 is 0 Å². The summed E-state index contributed by atoms with van der Waals surface area (Å²) in [5.41, 5.74) is 4.92. The second-order valence-corrected chi connectivity index (χ2v) is 4.09. The maximum atomic E-state index is 11.7. The summed E-state index contributed by atoms with van der Waals surface area (Å²) in [4.78, 5) is 45.3. The molecule has 0 bridgehead atoms. The van der Waals surface area contributed by atoms with Crippen molar-refractivity contribution in [1.29, 1.82) is 0 Å². The van der Waals surface area contributed by atoms with Gasteiger partial charge in [0.1, 0.15) is 6.04 Å². The van der Waals surface area contributed by atoms with Gasteiger partial charge in [0.2, 0.25) is 5.91 Å². The van der Waals surface area contributed by atoms with Crippen LogP contribution in [0.3, 0.4) is 0 Å². The number of amides is 3. The summed E-state index contributed by atoms with van der Waals surface area (Å²) in [5, 5.41) is 11.2. The highest BCUT2D eigenvalue weighted by molar-refractivity contribution is 5.83. The summed E-state index contributed by atoms with van der Waals surface area (Å²) < 4.78 is 4.42. The van der Waals surface area contributed by atoms with E-state index in [1.165, 1.54) is 14.2 Å². The minimum Gasteiger partial charge on any atom is -0.480 e. The molecule has 0 aromatic heterocycles. The van der Waals surface area contributed by atoms with Gasteiger partial charge in [-0.2, -0.15) is 0 Å². The molecule has 0 saturated heterocycles. The predicted molar refractivity (Wildman–Crippen MR) is 67.6 cm³/mol. The smallest absolute Gasteiger partial charge is 0.326 e. The first-order valence-electron chi connectivity index (χ1n) is 5.87. The van der Waals surface area contributed by atoms with Gasteiger partial charge in [-0.1, -0.05) is 0 Å². The van der Waals surface area contributed by atoms with Crippen molar-refractivity contribution >= 4 is 23.9 Å². The fraction of sp³-hybridized carbons (Fsp3) is 0.636. The second kappa shape index (κ2) is 8.73. The van der Waals surface area contributed by atoms with Crippen molar-refractivity contribution in [3.8, 4) is 0 Å². The third-order valence-corrected chi connectivity index (χ3v) is 2.50. The van der Waals surface area contributed by atoms with E-state index in [4.69, 9.17) is 10.8 Å². The number of carbonyl (C=O) groups excluding carboxylic acids is 3. The molecule has 0 aromatic carbocycles. The largest absolute Gasteiger partial charge is 0.480 e. The molecular formula is C11H19N3O6. The summed E-state index contributed by atoms with van der Waals surface area (Å²) in [6.45, 7) is 0.0840. The molecule has 4 N–H and O–H groups in total. The van der Waals surface area contributed by atoms with Crippen molar-refractivity contribution in [2.75, 3.05) is 20.7 Å². The zero-order valence-corrected chi connectivity index (χ0v) is 11.4. The number of urea groups is 1. The Balaban J connectivity index is 4.33. The number of ether oxygens (including phenoxy) is 1. The number of esters is 1. The SMILES string of the molecule is COC(=O)CCN(C)C(=O)N[C@H](CCC(N)=O)C(=O)O. The van der Waals surface area contributed by atoms with Gasteiger partial charge in [-0.05, 0) is 6.42 Å². The Kier molecular flexibility index (Phi) is 7.71. The number of hydrogen-bond acceptors (Lipinski definition) is 5. The molecule has 0 aliphatic rings. The maximum Gasteiger partial charge on any atom is 0.326 e. The zero-order chi connectivity index (χ0) is 15.7. The molecule has 0 aliphatic heterocycles. The number of nitrogens with two attached hydrogens (primary N) is 1. The third kappa shape index (κ3) is 7.19. The van der Waals surface area contributed by atoms with E-state index in [2.05, 4.69) is 10.1 Å². The Labute approximate surface area is 116 Å². The van der Waals surface area contributed by atoms with Gasteiger partial charge in [0.25, 0.3) is 0 Å². The van der Waals surface area contributed by atoms with Crippen LogP contribution in [0.5, 0.6) is 0 Å². The molecule has 0 unspecified atom stereocenters. The minimum absolute atomic E-state index is 0.000552. The predicted octanol–water partition coefficient (Wildman–Crippen LogP) is -1.09. The van der Waals surface area contributed by atoms with Crippen LogP contribution in [0.4, 0.5) is 4.79 Å². The number of carbonyl (C=O) groups is 4. The van der Waals surface area contributed by atoms with Gasteiger partial charge in [-0.25, -0.2) is 9.59 Å². The highest BCUT2D eigenvalue weighted by Crippen LogP contribution is 1.99. The van der Waals surface area contributed by atoms with Crippen LogP contribution in [0.25, 0.3) is 0 Å². The van der Waals surface area contributed by atoms with Gasteiger partial charge >= 0.3 is 18.0 Å². The lowest BCUT2D eigenvalue weighted by Crippen LogP contribution is -2.47. The molecule has 0 radical (unpaired) electrons. The normalized spacial score (nSPS) is 11.3. The van der Waals surface area contributed by atoms with E-state index in [0.29, 0.717) is 0 Å². The highest BCUT2D eigenvalue weighted by Gasteiger charge is 2.22. The van der Waals surface area contributed by atoms with Gasteiger partial charge in [-0.15, -0.1) is 0 Å². The van der Waals surface area contributed by atoms with Crippen molar-refractivity contribution < 1.29 is 29.0 Å². The molecule has 0 rings (SSSR count). The molecular weight excluding hydrogens is 270 g/mol. The number of carboxylic acid groups (broad SMARTS) is 1. The van der Waals surface area contributed by atoms with Gasteiger partial charge in [0.05, 0.1) is 13.5 Å². The van der Waals surface area contributed by atoms with Gasteiger partial charge in [0.15, 0.2) is 0 Å².